The zero-order chi connectivity index (χ0) is 10.1. The van der Waals surface area contributed by atoms with Crippen LogP contribution in [0.25, 0.3) is 0 Å². The summed E-state index contributed by atoms with van der Waals surface area (Å²) in [6.45, 7) is 0.605. The van der Waals surface area contributed by atoms with E-state index in [1.54, 1.807) is 0 Å². The van der Waals surface area contributed by atoms with E-state index in [-0.39, 0.29) is 11.8 Å². The Morgan fingerprint density at radius 1 is 1.64 bits per heavy atom. The maximum Gasteiger partial charge on any atom is 0.272 e. The molecular formula is C9H8FNO3. The van der Waals surface area contributed by atoms with Gasteiger partial charge in [-0.25, -0.2) is 4.39 Å². The average molecular weight is 197 g/mol. The summed E-state index contributed by atoms with van der Waals surface area (Å²) in [7, 11) is 0. The summed E-state index contributed by atoms with van der Waals surface area (Å²) in [6.07, 6.45) is 0.434. The van der Waals surface area contributed by atoms with E-state index in [0.717, 1.165) is 6.07 Å². The van der Waals surface area contributed by atoms with Gasteiger partial charge >= 0.3 is 0 Å². The lowest BCUT2D eigenvalue weighted by atomic mass is 10.1. The second-order valence-electron chi connectivity index (χ2n) is 3.19. The summed E-state index contributed by atoms with van der Waals surface area (Å²) in [5.74, 6) is -0.453. The average Bonchev–Trinajstić information content (AvgIpc) is 2.87. The normalized spacial score (nSPS) is 19.4. The Morgan fingerprint density at radius 3 is 2.93 bits per heavy atom. The largest absolute Gasteiger partial charge is 0.373 e. The van der Waals surface area contributed by atoms with Gasteiger partial charge in [-0.3, -0.25) is 10.1 Å². The van der Waals surface area contributed by atoms with Crippen molar-refractivity contribution in [3.8, 4) is 0 Å². The number of nitro groups is 1. The van der Waals surface area contributed by atoms with Gasteiger partial charge < -0.3 is 4.74 Å². The van der Waals surface area contributed by atoms with Gasteiger partial charge in [0.25, 0.3) is 5.69 Å². The standard InChI is InChI=1S/C9H8FNO3/c10-7-1-2-9(11(12)13)6(3-7)4-8-5-14-8/h1-3,8H,4-5H2. The van der Waals surface area contributed by atoms with Crippen LogP contribution in [0.5, 0.6) is 0 Å². The van der Waals surface area contributed by atoms with Gasteiger partial charge in [0.05, 0.1) is 17.6 Å². The number of nitrogens with zero attached hydrogens (tertiary/aromatic N) is 1. The van der Waals surface area contributed by atoms with Crippen molar-refractivity contribution in [2.24, 2.45) is 0 Å². The fourth-order valence-corrected chi connectivity index (χ4v) is 1.33. The van der Waals surface area contributed by atoms with Crippen LogP contribution in [0.15, 0.2) is 18.2 Å². The first-order valence-electron chi connectivity index (χ1n) is 4.21. The predicted molar refractivity (Wildman–Crippen MR) is 46.5 cm³/mol. The van der Waals surface area contributed by atoms with Crippen LogP contribution in [-0.4, -0.2) is 17.6 Å². The molecule has 1 saturated heterocycles. The first-order valence-corrected chi connectivity index (χ1v) is 4.21. The minimum absolute atomic E-state index is 0.0236. The number of nitro benzene ring substituents is 1. The van der Waals surface area contributed by atoms with Crippen LogP contribution in [0.3, 0.4) is 0 Å². The molecule has 1 aliphatic rings. The van der Waals surface area contributed by atoms with Gasteiger partial charge in [0, 0.05) is 18.1 Å². The third-order valence-electron chi connectivity index (χ3n) is 2.09. The smallest absolute Gasteiger partial charge is 0.272 e. The van der Waals surface area contributed by atoms with Crippen LogP contribution in [0, 0.1) is 15.9 Å². The molecule has 1 aromatic rings. The predicted octanol–water partition coefficient (Wildman–Crippen LogP) is 1.68. The molecule has 1 atom stereocenters. The summed E-state index contributed by atoms with van der Waals surface area (Å²) >= 11 is 0. The summed E-state index contributed by atoms with van der Waals surface area (Å²) in [5.41, 5.74) is 0.361. The second-order valence-corrected chi connectivity index (χ2v) is 3.19. The molecule has 0 saturated carbocycles. The monoisotopic (exact) mass is 197 g/mol. The van der Waals surface area contributed by atoms with Gasteiger partial charge in [-0.15, -0.1) is 0 Å². The molecule has 1 unspecified atom stereocenters. The van der Waals surface area contributed by atoms with Crippen molar-refractivity contribution in [2.75, 3.05) is 6.61 Å². The second kappa shape index (κ2) is 3.34. The van der Waals surface area contributed by atoms with E-state index in [4.69, 9.17) is 4.74 Å². The SMILES string of the molecule is O=[N+]([O-])c1ccc(F)cc1CC1CO1. The molecule has 0 amide bonds. The molecule has 2 rings (SSSR count). The van der Waals surface area contributed by atoms with Crippen molar-refractivity contribution in [1.29, 1.82) is 0 Å². The minimum Gasteiger partial charge on any atom is -0.373 e. The number of benzene rings is 1. The molecule has 14 heavy (non-hydrogen) atoms. The molecule has 74 valence electrons. The fourth-order valence-electron chi connectivity index (χ4n) is 1.33. The van der Waals surface area contributed by atoms with Gasteiger partial charge in [0.1, 0.15) is 5.82 Å². The van der Waals surface area contributed by atoms with E-state index < -0.39 is 10.7 Å². The highest BCUT2D eigenvalue weighted by Gasteiger charge is 2.26. The molecule has 0 aliphatic carbocycles. The molecule has 5 heteroatoms. The van der Waals surface area contributed by atoms with Crippen molar-refractivity contribution in [1.82, 2.24) is 0 Å². The lowest BCUT2D eigenvalue weighted by Gasteiger charge is -2.00. The van der Waals surface area contributed by atoms with E-state index in [2.05, 4.69) is 0 Å². The first kappa shape index (κ1) is 9.08. The molecule has 4 nitrogen and oxygen atoms in total. The fraction of sp³-hybridized carbons (Fsp3) is 0.333. The maximum atomic E-state index is 12.8. The number of hydrogen-bond acceptors (Lipinski definition) is 3. The third-order valence-corrected chi connectivity index (χ3v) is 2.09. The topological polar surface area (TPSA) is 55.7 Å². The van der Waals surface area contributed by atoms with E-state index in [0.29, 0.717) is 18.6 Å². The number of hydrogen-bond donors (Lipinski definition) is 0. The summed E-state index contributed by atoms with van der Waals surface area (Å²) in [4.78, 5) is 10.1. The maximum absolute atomic E-state index is 12.8. The van der Waals surface area contributed by atoms with Crippen molar-refractivity contribution in [3.63, 3.8) is 0 Å². The Balaban J connectivity index is 2.31. The van der Waals surface area contributed by atoms with Crippen LogP contribution >= 0.6 is 0 Å². The molecule has 1 aliphatic heterocycles. The number of halogens is 1. The lowest BCUT2D eigenvalue weighted by Crippen LogP contribution is -2.00. The number of epoxide rings is 1. The first-order chi connectivity index (χ1) is 6.66. The number of rotatable bonds is 3. The van der Waals surface area contributed by atoms with Gasteiger partial charge in [-0.05, 0) is 12.1 Å². The van der Waals surface area contributed by atoms with Crippen LogP contribution in [0.4, 0.5) is 10.1 Å². The Bertz CT molecular complexity index is 376. The molecule has 0 spiro atoms. The van der Waals surface area contributed by atoms with E-state index in [9.17, 15) is 14.5 Å². The highest BCUT2D eigenvalue weighted by Crippen LogP contribution is 2.24. The van der Waals surface area contributed by atoms with Crippen molar-refractivity contribution in [3.05, 3.63) is 39.7 Å². The van der Waals surface area contributed by atoms with Crippen molar-refractivity contribution in [2.45, 2.75) is 12.5 Å². The van der Waals surface area contributed by atoms with Crippen molar-refractivity contribution < 1.29 is 14.1 Å². The van der Waals surface area contributed by atoms with Crippen LogP contribution < -0.4 is 0 Å². The molecule has 1 heterocycles. The summed E-state index contributed by atoms with van der Waals surface area (Å²) in [6, 6.07) is 3.47. The molecule has 0 bridgehead atoms. The zero-order valence-corrected chi connectivity index (χ0v) is 7.27. The van der Waals surface area contributed by atoms with Crippen molar-refractivity contribution >= 4 is 5.69 Å². The van der Waals surface area contributed by atoms with E-state index in [1.165, 1.54) is 12.1 Å². The van der Waals surface area contributed by atoms with E-state index in [1.807, 2.05) is 0 Å². The zero-order valence-electron chi connectivity index (χ0n) is 7.27. The molecule has 0 radical (unpaired) electrons. The summed E-state index contributed by atoms with van der Waals surface area (Å²) < 4.78 is 17.8. The van der Waals surface area contributed by atoms with Crippen LogP contribution in [-0.2, 0) is 11.2 Å². The molecule has 1 aromatic carbocycles. The quantitative estimate of drug-likeness (QED) is 0.420. The van der Waals surface area contributed by atoms with E-state index >= 15 is 0 Å². The Labute approximate surface area is 79.5 Å². The lowest BCUT2D eigenvalue weighted by molar-refractivity contribution is -0.385. The molecule has 0 N–H and O–H groups in total. The Morgan fingerprint density at radius 2 is 2.36 bits per heavy atom. The van der Waals surface area contributed by atoms with Gasteiger partial charge in [0.2, 0.25) is 0 Å². The molecule has 0 aromatic heterocycles. The third kappa shape index (κ3) is 1.88. The molecular weight excluding hydrogens is 189 g/mol. The minimum atomic E-state index is -0.503. The Hall–Kier alpha value is -1.49. The van der Waals surface area contributed by atoms with Crippen LogP contribution in [0.2, 0.25) is 0 Å². The molecule has 1 fully saturated rings. The highest BCUT2D eigenvalue weighted by molar-refractivity contribution is 5.41. The van der Waals surface area contributed by atoms with Gasteiger partial charge in [-0.2, -0.15) is 0 Å². The number of ether oxygens (including phenoxy) is 1. The Kier molecular flexibility index (Phi) is 2.17. The van der Waals surface area contributed by atoms with Gasteiger partial charge in [0.15, 0.2) is 0 Å². The van der Waals surface area contributed by atoms with Gasteiger partial charge in [-0.1, -0.05) is 0 Å². The van der Waals surface area contributed by atoms with Crippen LogP contribution in [0.1, 0.15) is 5.56 Å². The summed E-state index contributed by atoms with van der Waals surface area (Å²) in [5, 5.41) is 10.6. The highest BCUT2D eigenvalue weighted by atomic mass is 19.1.